The van der Waals surface area contributed by atoms with E-state index in [0.29, 0.717) is 23.9 Å². The molecule has 3 aromatic rings. The number of benzene rings is 2. The fraction of sp³-hybridized carbons (Fsp3) is 0.148. The molecule has 2 heterocycles. The maximum absolute atomic E-state index is 14.4. The molecule has 1 aromatic heterocycles. The van der Waals surface area contributed by atoms with Crippen molar-refractivity contribution in [1.29, 1.82) is 0 Å². The summed E-state index contributed by atoms with van der Waals surface area (Å²) in [4.78, 5) is 41.2. The second-order valence-corrected chi connectivity index (χ2v) is 10.6. The molecule has 0 bridgehead atoms. The van der Waals surface area contributed by atoms with E-state index in [-0.39, 0.29) is 39.5 Å². The summed E-state index contributed by atoms with van der Waals surface area (Å²) in [5.41, 5.74) is -4.33. The SMILES string of the molecule is O=C(CCN1C(=O)C(=Cc2cc(F)cc(-c3cc(C(F)(F)F)cc(C(F)(F)F)c3)n2)SC1=S)Nc1ccc(C(=O)O)cc1. The van der Waals surface area contributed by atoms with E-state index in [9.17, 15) is 45.1 Å². The van der Waals surface area contributed by atoms with Gasteiger partial charge in [0.2, 0.25) is 5.91 Å². The highest BCUT2D eigenvalue weighted by atomic mass is 32.2. The lowest BCUT2D eigenvalue weighted by atomic mass is 10.0. The van der Waals surface area contributed by atoms with E-state index in [2.05, 4.69) is 10.3 Å². The van der Waals surface area contributed by atoms with Gasteiger partial charge in [0.15, 0.2) is 0 Å². The summed E-state index contributed by atoms with van der Waals surface area (Å²) in [7, 11) is 0. The summed E-state index contributed by atoms with van der Waals surface area (Å²) in [6.45, 7) is -0.159. The molecule has 1 saturated heterocycles. The zero-order valence-corrected chi connectivity index (χ0v) is 22.8. The second-order valence-electron chi connectivity index (χ2n) is 8.90. The van der Waals surface area contributed by atoms with E-state index in [1.54, 1.807) is 0 Å². The van der Waals surface area contributed by atoms with Gasteiger partial charge in [0.25, 0.3) is 5.91 Å². The number of carbonyl (C=O) groups excluding carboxylic acids is 2. The Morgan fingerprint density at radius 2 is 1.58 bits per heavy atom. The van der Waals surface area contributed by atoms with E-state index in [4.69, 9.17) is 17.3 Å². The largest absolute Gasteiger partial charge is 0.478 e. The van der Waals surface area contributed by atoms with Crippen molar-refractivity contribution in [2.45, 2.75) is 18.8 Å². The number of rotatable bonds is 7. The zero-order chi connectivity index (χ0) is 31.7. The van der Waals surface area contributed by atoms with Crippen LogP contribution in [0.4, 0.5) is 36.4 Å². The van der Waals surface area contributed by atoms with E-state index in [1.807, 2.05) is 0 Å². The number of amides is 2. The molecule has 0 aliphatic carbocycles. The van der Waals surface area contributed by atoms with Gasteiger partial charge in [-0.1, -0.05) is 24.0 Å². The van der Waals surface area contributed by atoms with Gasteiger partial charge in [0.1, 0.15) is 10.1 Å². The fourth-order valence-corrected chi connectivity index (χ4v) is 5.10. The molecule has 4 rings (SSSR count). The first-order valence-electron chi connectivity index (χ1n) is 11.9. The first-order chi connectivity index (χ1) is 20.0. The van der Waals surface area contributed by atoms with Crippen molar-refractivity contribution >= 4 is 57.8 Å². The third kappa shape index (κ3) is 7.75. The number of halogens is 7. The molecule has 16 heteroatoms. The quantitative estimate of drug-likeness (QED) is 0.165. The van der Waals surface area contributed by atoms with Crippen molar-refractivity contribution in [3.63, 3.8) is 0 Å². The molecule has 2 N–H and O–H groups in total. The molecule has 1 fully saturated rings. The molecule has 1 aliphatic rings. The van der Waals surface area contributed by atoms with Crippen LogP contribution in [-0.2, 0) is 21.9 Å². The highest BCUT2D eigenvalue weighted by Crippen LogP contribution is 2.39. The number of anilines is 1. The highest BCUT2D eigenvalue weighted by molar-refractivity contribution is 8.26. The van der Waals surface area contributed by atoms with Gasteiger partial charge >= 0.3 is 18.3 Å². The molecular weight excluding hydrogens is 627 g/mol. The molecule has 1 aliphatic heterocycles. The lowest BCUT2D eigenvalue weighted by Crippen LogP contribution is -2.31. The second kappa shape index (κ2) is 12.1. The van der Waals surface area contributed by atoms with Crippen LogP contribution in [0.3, 0.4) is 0 Å². The summed E-state index contributed by atoms with van der Waals surface area (Å²) in [6, 6.07) is 7.59. The minimum absolute atomic E-state index is 0.0168. The van der Waals surface area contributed by atoms with Gasteiger partial charge in [0.05, 0.1) is 33.0 Å². The number of thioether (sulfide) groups is 1. The first-order valence-corrected chi connectivity index (χ1v) is 13.1. The van der Waals surface area contributed by atoms with Gasteiger partial charge in [-0.2, -0.15) is 26.3 Å². The predicted octanol–water partition coefficient (Wildman–Crippen LogP) is 6.85. The van der Waals surface area contributed by atoms with Crippen molar-refractivity contribution in [1.82, 2.24) is 9.88 Å². The van der Waals surface area contributed by atoms with Gasteiger partial charge < -0.3 is 10.4 Å². The molecule has 0 saturated carbocycles. The Labute approximate surface area is 247 Å². The molecule has 2 amide bonds. The number of carbonyl (C=O) groups is 3. The summed E-state index contributed by atoms with van der Waals surface area (Å²) >= 11 is 5.97. The molecule has 2 aromatic carbocycles. The lowest BCUT2D eigenvalue weighted by Gasteiger charge is -2.14. The predicted molar refractivity (Wildman–Crippen MR) is 146 cm³/mol. The van der Waals surface area contributed by atoms with E-state index in [1.165, 1.54) is 24.3 Å². The topological polar surface area (TPSA) is 99.6 Å². The molecule has 0 spiro atoms. The average molecular weight is 644 g/mol. The Morgan fingerprint density at radius 3 is 2.14 bits per heavy atom. The number of hydrogen-bond donors (Lipinski definition) is 2. The van der Waals surface area contributed by atoms with E-state index < -0.39 is 58.3 Å². The van der Waals surface area contributed by atoms with Crippen LogP contribution in [0.25, 0.3) is 17.3 Å². The van der Waals surface area contributed by atoms with Gasteiger partial charge in [-0.15, -0.1) is 0 Å². The number of hydrogen-bond acceptors (Lipinski definition) is 6. The van der Waals surface area contributed by atoms with Crippen molar-refractivity contribution < 1.29 is 50.2 Å². The Morgan fingerprint density at radius 1 is 0.977 bits per heavy atom. The van der Waals surface area contributed by atoms with Crippen molar-refractivity contribution in [3.05, 3.63) is 87.7 Å². The molecule has 0 radical (unpaired) electrons. The van der Waals surface area contributed by atoms with Crippen molar-refractivity contribution in [3.8, 4) is 11.3 Å². The van der Waals surface area contributed by atoms with Crippen LogP contribution in [0.1, 0.15) is 33.6 Å². The number of aromatic nitrogens is 1. The normalized spacial score (nSPS) is 14.9. The molecule has 7 nitrogen and oxygen atoms in total. The first kappa shape index (κ1) is 31.6. The number of pyridine rings is 1. The molecule has 224 valence electrons. The smallest absolute Gasteiger partial charge is 0.416 e. The number of nitrogens with one attached hydrogen (secondary N) is 1. The Bertz CT molecular complexity index is 1620. The zero-order valence-electron chi connectivity index (χ0n) is 21.2. The van der Waals surface area contributed by atoms with Gasteiger partial charge in [-0.05, 0) is 54.6 Å². The van der Waals surface area contributed by atoms with Crippen molar-refractivity contribution in [2.75, 3.05) is 11.9 Å². The average Bonchev–Trinajstić information content (AvgIpc) is 3.17. The van der Waals surface area contributed by atoms with Gasteiger partial charge in [-0.3, -0.25) is 14.5 Å². The number of aromatic carboxylic acids is 1. The summed E-state index contributed by atoms with van der Waals surface area (Å²) in [6.07, 6.45) is -9.38. The minimum Gasteiger partial charge on any atom is -0.478 e. The number of thiocarbonyl (C=S) groups is 1. The van der Waals surface area contributed by atoms with E-state index >= 15 is 0 Å². The third-order valence-electron chi connectivity index (χ3n) is 5.82. The maximum Gasteiger partial charge on any atom is 0.416 e. The Kier molecular flexibility index (Phi) is 8.92. The highest BCUT2D eigenvalue weighted by Gasteiger charge is 2.37. The molecular formula is C27H16F7N3O4S2. The number of carboxylic acid groups (broad SMARTS) is 1. The van der Waals surface area contributed by atoms with E-state index in [0.717, 1.165) is 28.8 Å². The standard InChI is InChI=1S/C27H16F7N3O4S2/c28-17-10-19(35-20(11-17)14-7-15(26(29,30)31)9-16(8-14)27(32,33)34)12-21-23(39)37(25(42)43-21)6-5-22(38)36-18-3-1-13(2-4-18)24(40)41/h1-4,7-12H,5-6H2,(H,36,38)(H,40,41). The third-order valence-corrected chi connectivity index (χ3v) is 7.20. The van der Waals surface area contributed by atoms with Crippen LogP contribution < -0.4 is 5.32 Å². The van der Waals surface area contributed by atoms with Crippen LogP contribution in [-0.4, -0.2) is 43.6 Å². The summed E-state index contributed by atoms with van der Waals surface area (Å²) in [5.74, 6) is -3.38. The van der Waals surface area contributed by atoms with Crippen LogP contribution in [0, 0.1) is 5.82 Å². The van der Waals surface area contributed by atoms with Gasteiger partial charge in [0, 0.05) is 30.3 Å². The summed E-state index contributed by atoms with van der Waals surface area (Å²) < 4.78 is 94.2. The van der Waals surface area contributed by atoms with Crippen LogP contribution >= 0.6 is 24.0 Å². The number of alkyl halides is 6. The number of carboxylic acids is 1. The van der Waals surface area contributed by atoms with Crippen LogP contribution in [0.5, 0.6) is 0 Å². The fourth-order valence-electron chi connectivity index (χ4n) is 3.80. The van der Waals surface area contributed by atoms with Crippen LogP contribution in [0.2, 0.25) is 0 Å². The Hall–Kier alpha value is -4.31. The molecule has 0 unspecified atom stereocenters. The maximum atomic E-state index is 14.4. The Balaban J connectivity index is 1.52. The monoisotopic (exact) mass is 643 g/mol. The van der Waals surface area contributed by atoms with Gasteiger partial charge in [-0.25, -0.2) is 14.2 Å². The minimum atomic E-state index is -5.12. The number of nitrogens with zero attached hydrogens (tertiary/aromatic N) is 2. The lowest BCUT2D eigenvalue weighted by molar-refractivity contribution is -0.143. The summed E-state index contributed by atoms with van der Waals surface area (Å²) in [5, 5.41) is 11.5. The molecule has 0 atom stereocenters. The van der Waals surface area contributed by atoms with Crippen LogP contribution in [0.15, 0.2) is 59.5 Å². The van der Waals surface area contributed by atoms with Crippen molar-refractivity contribution in [2.24, 2.45) is 0 Å². The molecule has 43 heavy (non-hydrogen) atoms.